The fourth-order valence-electron chi connectivity index (χ4n) is 1.32. The van der Waals surface area contributed by atoms with Crippen LogP contribution in [0.5, 0.6) is 0 Å². The van der Waals surface area contributed by atoms with Crippen molar-refractivity contribution in [2.45, 2.75) is 24.2 Å². The molecule has 0 radical (unpaired) electrons. The van der Waals surface area contributed by atoms with Gasteiger partial charge < -0.3 is 5.73 Å². The minimum Gasteiger partial charge on any atom is -0.330 e. The van der Waals surface area contributed by atoms with E-state index in [2.05, 4.69) is 4.72 Å². The third-order valence-corrected chi connectivity index (χ3v) is 4.16. The van der Waals surface area contributed by atoms with Gasteiger partial charge in [-0.2, -0.15) is 0 Å². The molecule has 1 rings (SSSR count). The summed E-state index contributed by atoms with van der Waals surface area (Å²) in [7, 11) is -1.95. The third-order valence-electron chi connectivity index (χ3n) is 2.73. The van der Waals surface area contributed by atoms with Gasteiger partial charge in [0.15, 0.2) is 0 Å². The molecule has 0 aliphatic heterocycles. The molecule has 5 heteroatoms. The second kappa shape index (κ2) is 4.53. The van der Waals surface area contributed by atoms with Gasteiger partial charge in [0.05, 0.1) is 4.90 Å². The smallest absolute Gasteiger partial charge is 0.240 e. The van der Waals surface area contributed by atoms with Gasteiger partial charge >= 0.3 is 0 Å². The van der Waals surface area contributed by atoms with Crippen molar-refractivity contribution < 1.29 is 8.42 Å². The summed E-state index contributed by atoms with van der Waals surface area (Å²) in [5.74, 6) is 0. The molecule has 0 heterocycles. The summed E-state index contributed by atoms with van der Waals surface area (Å²) in [5, 5.41) is 0. The number of benzene rings is 1. The van der Waals surface area contributed by atoms with Crippen molar-refractivity contribution in [1.29, 1.82) is 0 Å². The van der Waals surface area contributed by atoms with E-state index in [0.29, 0.717) is 6.54 Å². The summed E-state index contributed by atoms with van der Waals surface area (Å²) in [5.41, 5.74) is 6.55. The lowest BCUT2D eigenvalue weighted by molar-refractivity contribution is 0.538. The lowest BCUT2D eigenvalue weighted by Crippen LogP contribution is -2.28. The SMILES string of the molecule is CNS(=O)(=O)c1ccc(C(C)(C)CN)cc1. The van der Waals surface area contributed by atoms with Crippen molar-refractivity contribution >= 4 is 10.0 Å². The molecule has 90 valence electrons. The van der Waals surface area contributed by atoms with Gasteiger partial charge in [0.1, 0.15) is 0 Å². The van der Waals surface area contributed by atoms with Gasteiger partial charge in [0.25, 0.3) is 0 Å². The zero-order chi connectivity index (χ0) is 12.4. The van der Waals surface area contributed by atoms with Crippen LogP contribution >= 0.6 is 0 Å². The molecule has 0 saturated heterocycles. The summed E-state index contributed by atoms with van der Waals surface area (Å²) in [6.07, 6.45) is 0. The molecule has 1 aromatic rings. The Bertz CT molecular complexity index is 449. The van der Waals surface area contributed by atoms with Crippen molar-refractivity contribution in [3.05, 3.63) is 29.8 Å². The first-order valence-corrected chi connectivity index (χ1v) is 6.56. The predicted octanol–water partition coefficient (Wildman–Crippen LogP) is 0.831. The highest BCUT2D eigenvalue weighted by Crippen LogP contribution is 2.22. The molecule has 0 amide bonds. The highest BCUT2D eigenvalue weighted by atomic mass is 32.2. The summed E-state index contributed by atoms with van der Waals surface area (Å²) in [6.45, 7) is 4.56. The van der Waals surface area contributed by atoms with Crippen LogP contribution in [0.25, 0.3) is 0 Å². The number of hydrogen-bond acceptors (Lipinski definition) is 3. The number of nitrogens with two attached hydrogens (primary N) is 1. The Morgan fingerprint density at radius 3 is 2.12 bits per heavy atom. The first-order valence-electron chi connectivity index (χ1n) is 5.07. The highest BCUT2D eigenvalue weighted by molar-refractivity contribution is 7.89. The topological polar surface area (TPSA) is 72.2 Å². The Kier molecular flexibility index (Phi) is 3.72. The highest BCUT2D eigenvalue weighted by Gasteiger charge is 2.19. The van der Waals surface area contributed by atoms with Gasteiger partial charge in [-0.25, -0.2) is 13.1 Å². The van der Waals surface area contributed by atoms with Crippen LogP contribution in [0.1, 0.15) is 19.4 Å². The van der Waals surface area contributed by atoms with Gasteiger partial charge in [-0.15, -0.1) is 0 Å². The Labute approximate surface area is 96.9 Å². The lowest BCUT2D eigenvalue weighted by atomic mass is 9.85. The monoisotopic (exact) mass is 242 g/mol. The van der Waals surface area contributed by atoms with Crippen molar-refractivity contribution in [3.8, 4) is 0 Å². The van der Waals surface area contributed by atoms with Crippen LogP contribution in [0.4, 0.5) is 0 Å². The normalized spacial score (nSPS) is 12.8. The van der Waals surface area contributed by atoms with Crippen LogP contribution in [0.2, 0.25) is 0 Å². The molecule has 0 aliphatic carbocycles. The standard InChI is InChI=1S/C11H18N2O2S/c1-11(2,8-12)9-4-6-10(7-5-9)16(14,15)13-3/h4-7,13H,8,12H2,1-3H3. The molecule has 0 aliphatic rings. The lowest BCUT2D eigenvalue weighted by Gasteiger charge is -2.23. The Balaban J connectivity index is 3.10. The molecule has 1 aromatic carbocycles. The summed E-state index contributed by atoms with van der Waals surface area (Å²) < 4.78 is 25.3. The van der Waals surface area contributed by atoms with Crippen molar-refractivity contribution in [2.75, 3.05) is 13.6 Å². The minimum atomic E-state index is -3.35. The van der Waals surface area contributed by atoms with Crippen LogP contribution in [0, 0.1) is 0 Å². The maximum atomic E-state index is 11.5. The molecule has 0 unspecified atom stereocenters. The average molecular weight is 242 g/mol. The van der Waals surface area contributed by atoms with Crippen molar-refractivity contribution in [3.63, 3.8) is 0 Å². The summed E-state index contributed by atoms with van der Waals surface area (Å²) in [4.78, 5) is 0.270. The maximum absolute atomic E-state index is 11.5. The van der Waals surface area contributed by atoms with Crippen LogP contribution in [0.15, 0.2) is 29.2 Å². The number of nitrogens with one attached hydrogen (secondary N) is 1. The van der Waals surface area contributed by atoms with E-state index in [0.717, 1.165) is 5.56 Å². The minimum absolute atomic E-state index is 0.137. The molecule has 0 aromatic heterocycles. The average Bonchev–Trinajstić information content (AvgIpc) is 2.29. The van der Waals surface area contributed by atoms with E-state index >= 15 is 0 Å². The van der Waals surface area contributed by atoms with E-state index in [4.69, 9.17) is 5.73 Å². The first-order chi connectivity index (χ1) is 7.33. The van der Waals surface area contributed by atoms with Gasteiger partial charge in [0, 0.05) is 12.0 Å². The Morgan fingerprint density at radius 2 is 1.75 bits per heavy atom. The maximum Gasteiger partial charge on any atom is 0.240 e. The first kappa shape index (κ1) is 13.2. The molecule has 0 bridgehead atoms. The quantitative estimate of drug-likeness (QED) is 0.821. The van der Waals surface area contributed by atoms with E-state index < -0.39 is 10.0 Å². The van der Waals surface area contributed by atoms with Crippen LogP contribution in [-0.4, -0.2) is 22.0 Å². The largest absolute Gasteiger partial charge is 0.330 e. The fraction of sp³-hybridized carbons (Fsp3) is 0.455. The van der Waals surface area contributed by atoms with E-state index in [1.54, 1.807) is 24.3 Å². The number of rotatable bonds is 4. The van der Waals surface area contributed by atoms with Crippen LogP contribution in [-0.2, 0) is 15.4 Å². The van der Waals surface area contributed by atoms with Crippen molar-refractivity contribution in [1.82, 2.24) is 4.72 Å². The zero-order valence-electron chi connectivity index (χ0n) is 9.82. The van der Waals surface area contributed by atoms with E-state index in [1.807, 2.05) is 13.8 Å². The fourth-order valence-corrected chi connectivity index (χ4v) is 2.05. The second-order valence-corrected chi connectivity index (χ2v) is 6.21. The third kappa shape index (κ3) is 2.61. The van der Waals surface area contributed by atoms with E-state index in [9.17, 15) is 8.42 Å². The van der Waals surface area contributed by atoms with Crippen LogP contribution in [0.3, 0.4) is 0 Å². The Hall–Kier alpha value is -0.910. The molecule has 0 atom stereocenters. The number of sulfonamides is 1. The van der Waals surface area contributed by atoms with Gasteiger partial charge in [-0.1, -0.05) is 26.0 Å². The van der Waals surface area contributed by atoms with Gasteiger partial charge in [-0.05, 0) is 24.7 Å². The molecule has 3 N–H and O–H groups in total. The van der Waals surface area contributed by atoms with Crippen LogP contribution < -0.4 is 10.5 Å². The molecule has 0 saturated carbocycles. The zero-order valence-corrected chi connectivity index (χ0v) is 10.6. The molecular formula is C11H18N2O2S. The van der Waals surface area contributed by atoms with Gasteiger partial charge in [0.2, 0.25) is 10.0 Å². The summed E-state index contributed by atoms with van der Waals surface area (Å²) >= 11 is 0. The molecular weight excluding hydrogens is 224 g/mol. The second-order valence-electron chi connectivity index (χ2n) is 4.32. The van der Waals surface area contributed by atoms with Gasteiger partial charge in [-0.3, -0.25) is 0 Å². The van der Waals surface area contributed by atoms with Crippen molar-refractivity contribution in [2.24, 2.45) is 5.73 Å². The molecule has 0 fully saturated rings. The molecule has 16 heavy (non-hydrogen) atoms. The predicted molar refractivity (Wildman–Crippen MR) is 64.8 cm³/mol. The van der Waals surface area contributed by atoms with E-state index in [-0.39, 0.29) is 10.3 Å². The molecule has 4 nitrogen and oxygen atoms in total. The number of hydrogen-bond donors (Lipinski definition) is 2. The summed E-state index contributed by atoms with van der Waals surface area (Å²) in [6, 6.07) is 6.80. The molecule has 0 spiro atoms. The van der Waals surface area contributed by atoms with E-state index in [1.165, 1.54) is 7.05 Å². The Morgan fingerprint density at radius 1 is 1.25 bits per heavy atom.